The summed E-state index contributed by atoms with van der Waals surface area (Å²) < 4.78 is 9.16. The summed E-state index contributed by atoms with van der Waals surface area (Å²) in [6, 6.07) is 60.3. The van der Waals surface area contributed by atoms with E-state index in [0.29, 0.717) is 23.3 Å². The van der Waals surface area contributed by atoms with Gasteiger partial charge in [0.1, 0.15) is 11.4 Å². The van der Waals surface area contributed by atoms with E-state index in [4.69, 9.17) is 29.3 Å². The first-order valence-electron chi connectivity index (χ1n) is 22.1. The second kappa shape index (κ2) is 18.4. The van der Waals surface area contributed by atoms with Gasteiger partial charge in [0.25, 0.3) is 0 Å². The molecule has 67 heavy (non-hydrogen) atoms. The first kappa shape index (κ1) is 42.2. The van der Waals surface area contributed by atoms with Crippen molar-refractivity contribution < 1.29 is 4.42 Å². The highest BCUT2D eigenvalue weighted by Crippen LogP contribution is 2.46. The molecular formula is C60H46N6O. The van der Waals surface area contributed by atoms with Crippen LogP contribution in [-0.2, 0) is 0 Å². The van der Waals surface area contributed by atoms with Crippen LogP contribution in [-0.4, -0.2) is 29.5 Å². The highest BCUT2D eigenvalue weighted by molar-refractivity contribution is 6.26. The quantitative estimate of drug-likeness (QED) is 0.148. The van der Waals surface area contributed by atoms with E-state index in [9.17, 15) is 0 Å². The average Bonchev–Trinajstić information content (AvgIpc) is 3.80. The normalized spacial score (nSPS) is 12.1. The van der Waals surface area contributed by atoms with E-state index < -0.39 is 0 Å². The number of nitrogens with zero attached hydrogens (tertiary/aromatic N) is 6. The van der Waals surface area contributed by atoms with Crippen LogP contribution in [0.15, 0.2) is 223 Å². The molecular weight excluding hydrogens is 821 g/mol. The molecule has 0 radical (unpaired) electrons. The molecule has 4 heterocycles. The maximum atomic E-state index is 6.90. The van der Waals surface area contributed by atoms with E-state index in [0.717, 1.165) is 101 Å². The van der Waals surface area contributed by atoms with E-state index in [2.05, 4.69) is 133 Å². The van der Waals surface area contributed by atoms with E-state index in [1.54, 1.807) is 6.08 Å². The van der Waals surface area contributed by atoms with E-state index in [1.165, 1.54) is 0 Å². The molecule has 4 aromatic heterocycles. The third-order valence-corrected chi connectivity index (χ3v) is 11.7. The first-order chi connectivity index (χ1) is 32.6. The molecule has 0 saturated carbocycles. The van der Waals surface area contributed by atoms with E-state index in [1.807, 2.05) is 91.9 Å². The largest absolute Gasteiger partial charge is 0.454 e. The van der Waals surface area contributed by atoms with Gasteiger partial charge in [-0.3, -0.25) is 4.57 Å². The maximum absolute atomic E-state index is 6.90. The number of benzene rings is 7. The smallest absolute Gasteiger partial charge is 0.164 e. The molecule has 0 atom stereocenters. The monoisotopic (exact) mass is 866 g/mol. The number of allylic oxidation sites excluding steroid dienone is 7. The highest BCUT2D eigenvalue weighted by Gasteiger charge is 2.25. The molecule has 7 heteroatoms. The summed E-state index contributed by atoms with van der Waals surface area (Å²) in [6.07, 6.45) is 13.0. The SMILES string of the molecule is C.C1=CCC=C(c2nc(-c3ccccc3)nc(-c3cccc(-c4cc5c6ccccc6oc5c5c4c4ccccc4n5-c4cc(-c5ccccc5)nc(-c5ccccc5)n4)c3)n2)C=C1.C=CC. The van der Waals surface area contributed by atoms with E-state index in [-0.39, 0.29) is 7.43 Å². The van der Waals surface area contributed by atoms with Gasteiger partial charge >= 0.3 is 0 Å². The summed E-state index contributed by atoms with van der Waals surface area (Å²) in [5, 5.41) is 4.18. The van der Waals surface area contributed by atoms with Crippen LogP contribution in [0, 0.1) is 0 Å². The van der Waals surface area contributed by atoms with Crippen LogP contribution in [0.1, 0.15) is 26.6 Å². The zero-order valence-corrected chi connectivity index (χ0v) is 36.2. The maximum Gasteiger partial charge on any atom is 0.164 e. The summed E-state index contributed by atoms with van der Waals surface area (Å²) in [5.41, 5.74) is 11.1. The number of furan rings is 1. The molecule has 0 unspecified atom stereocenters. The summed E-state index contributed by atoms with van der Waals surface area (Å²) in [7, 11) is 0. The van der Waals surface area contributed by atoms with Crippen LogP contribution < -0.4 is 0 Å². The van der Waals surface area contributed by atoms with Crippen LogP contribution >= 0.6 is 0 Å². The van der Waals surface area contributed by atoms with Gasteiger partial charge in [0.15, 0.2) is 28.9 Å². The van der Waals surface area contributed by atoms with Crippen LogP contribution in [0.4, 0.5) is 0 Å². The Balaban J connectivity index is 0.00000128. The lowest BCUT2D eigenvalue weighted by molar-refractivity contribution is 0.671. The van der Waals surface area contributed by atoms with Crippen LogP contribution in [0.3, 0.4) is 0 Å². The van der Waals surface area contributed by atoms with Gasteiger partial charge in [-0.15, -0.1) is 6.58 Å². The lowest BCUT2D eigenvalue weighted by Gasteiger charge is -2.13. The minimum Gasteiger partial charge on any atom is -0.454 e. The lowest BCUT2D eigenvalue weighted by atomic mass is 9.95. The number of hydrogen-bond donors (Lipinski definition) is 0. The minimum atomic E-state index is 0. The summed E-state index contributed by atoms with van der Waals surface area (Å²) in [5.74, 6) is 3.24. The fourth-order valence-electron chi connectivity index (χ4n) is 8.74. The Morgan fingerprint density at radius 1 is 0.537 bits per heavy atom. The van der Waals surface area contributed by atoms with Crippen molar-refractivity contribution in [3.63, 3.8) is 0 Å². The van der Waals surface area contributed by atoms with Crippen LogP contribution in [0.5, 0.6) is 0 Å². The molecule has 1 aliphatic rings. The predicted molar refractivity (Wildman–Crippen MR) is 278 cm³/mol. The van der Waals surface area contributed by atoms with Gasteiger partial charge in [-0.2, -0.15) is 0 Å². The third kappa shape index (κ3) is 7.93. The number of fused-ring (bicyclic) bond motifs is 7. The molecule has 0 N–H and O–H groups in total. The van der Waals surface area contributed by atoms with Gasteiger partial charge in [-0.05, 0) is 48.7 Å². The third-order valence-electron chi connectivity index (χ3n) is 11.7. The Bertz CT molecular complexity index is 3640. The molecule has 12 rings (SSSR count). The molecule has 0 saturated heterocycles. The van der Waals surface area contributed by atoms with Crippen molar-refractivity contribution in [1.82, 2.24) is 29.5 Å². The van der Waals surface area contributed by atoms with Crippen molar-refractivity contribution in [2.75, 3.05) is 0 Å². The summed E-state index contributed by atoms with van der Waals surface area (Å²) in [4.78, 5) is 25.7. The minimum absolute atomic E-state index is 0. The molecule has 0 spiro atoms. The fraction of sp³-hybridized carbons (Fsp3) is 0.0500. The van der Waals surface area contributed by atoms with Gasteiger partial charge in [0.05, 0.1) is 16.7 Å². The van der Waals surface area contributed by atoms with Gasteiger partial charge < -0.3 is 4.42 Å². The molecule has 0 bridgehead atoms. The molecule has 7 nitrogen and oxygen atoms in total. The lowest BCUT2D eigenvalue weighted by Crippen LogP contribution is -2.03. The van der Waals surface area contributed by atoms with Crippen molar-refractivity contribution in [2.45, 2.75) is 20.8 Å². The molecule has 0 aliphatic heterocycles. The molecule has 11 aromatic rings. The standard InChI is InChI=1S/C56H36N6O.C3H6.CH4/c1-2-7-22-38(21-6-1)54-59-55(39-25-12-5-13-26-39)61-56(60-54)41-28-18-27-40(33-41)44-34-45-42-29-15-17-32-48(42)63-52(45)51-50(44)43-30-14-16-31-47(43)62(51)49-35-46(36-19-8-3-9-20-36)57-53(58-49)37-23-10-4-11-24-37;1-3-2;/h1-6,8-35H,7H2;3H,1H2,2H3;1H4. The summed E-state index contributed by atoms with van der Waals surface area (Å²) >= 11 is 0. The second-order valence-electron chi connectivity index (χ2n) is 16.0. The highest BCUT2D eigenvalue weighted by atomic mass is 16.3. The fourth-order valence-corrected chi connectivity index (χ4v) is 8.74. The van der Waals surface area contributed by atoms with Gasteiger partial charge in [0.2, 0.25) is 0 Å². The van der Waals surface area contributed by atoms with Gasteiger partial charge in [-0.1, -0.05) is 189 Å². The Hall–Kier alpha value is -8.81. The van der Waals surface area contributed by atoms with E-state index >= 15 is 0 Å². The zero-order chi connectivity index (χ0) is 44.4. The van der Waals surface area contributed by atoms with Crippen molar-refractivity contribution >= 4 is 49.3 Å². The number of para-hydroxylation sites is 2. The Morgan fingerprint density at radius 3 is 1.85 bits per heavy atom. The number of hydrogen-bond acceptors (Lipinski definition) is 6. The summed E-state index contributed by atoms with van der Waals surface area (Å²) in [6.45, 7) is 5.25. The second-order valence-corrected chi connectivity index (χ2v) is 16.0. The topological polar surface area (TPSA) is 82.5 Å². The van der Waals surface area contributed by atoms with Crippen molar-refractivity contribution in [1.29, 1.82) is 0 Å². The Kier molecular flexibility index (Phi) is 11.5. The molecule has 7 aromatic carbocycles. The Labute approximate surface area is 389 Å². The molecule has 1 aliphatic carbocycles. The van der Waals surface area contributed by atoms with Gasteiger partial charge in [-0.25, -0.2) is 24.9 Å². The van der Waals surface area contributed by atoms with Crippen LogP contribution in [0.25, 0.3) is 112 Å². The van der Waals surface area contributed by atoms with Crippen LogP contribution in [0.2, 0.25) is 0 Å². The predicted octanol–water partition coefficient (Wildman–Crippen LogP) is 15.7. The first-order valence-corrected chi connectivity index (χ1v) is 22.1. The van der Waals surface area contributed by atoms with Crippen molar-refractivity contribution in [3.05, 3.63) is 225 Å². The molecule has 0 amide bonds. The van der Waals surface area contributed by atoms with Gasteiger partial charge in [0, 0.05) is 55.4 Å². The Morgan fingerprint density at radius 2 is 1.12 bits per heavy atom. The zero-order valence-electron chi connectivity index (χ0n) is 36.2. The van der Waals surface area contributed by atoms with Crippen molar-refractivity contribution in [3.8, 4) is 62.4 Å². The number of aromatic nitrogens is 6. The average molecular weight is 867 g/mol. The van der Waals surface area contributed by atoms with Crippen molar-refractivity contribution in [2.24, 2.45) is 0 Å². The number of rotatable bonds is 7. The molecule has 322 valence electrons. The molecule has 0 fully saturated rings.